The van der Waals surface area contributed by atoms with E-state index in [9.17, 15) is 14.7 Å². The highest BCUT2D eigenvalue weighted by atomic mass is 16.6. The molecule has 10 nitrogen and oxygen atoms in total. The van der Waals surface area contributed by atoms with Gasteiger partial charge in [0.05, 0.1) is 17.3 Å². The molecule has 1 aromatic carbocycles. The largest absolute Gasteiger partial charge is 0.508 e. The van der Waals surface area contributed by atoms with E-state index in [2.05, 4.69) is 15.3 Å². The lowest BCUT2D eigenvalue weighted by Gasteiger charge is -2.41. The number of aromatic nitrogens is 4. The summed E-state index contributed by atoms with van der Waals surface area (Å²) in [5.41, 5.74) is 2.91. The van der Waals surface area contributed by atoms with Crippen molar-refractivity contribution >= 4 is 17.5 Å². The molecule has 3 aliphatic rings. The fraction of sp³-hybridized carbons (Fsp3) is 0.387. The highest BCUT2D eigenvalue weighted by molar-refractivity contribution is 5.98. The Kier molecular flexibility index (Phi) is 4.75. The molecule has 0 radical (unpaired) electrons. The number of alkyl carbamates (subject to hydrolysis) is 1. The van der Waals surface area contributed by atoms with Gasteiger partial charge in [0, 0.05) is 57.9 Å². The molecule has 3 aromatic heterocycles. The van der Waals surface area contributed by atoms with Crippen LogP contribution >= 0.6 is 0 Å². The highest BCUT2D eigenvalue weighted by Gasteiger charge is 2.46. The third-order valence-electron chi connectivity index (χ3n) is 8.38. The van der Waals surface area contributed by atoms with Crippen LogP contribution in [0.4, 0.5) is 4.79 Å². The number of hydrogen-bond donors (Lipinski definition) is 2. The van der Waals surface area contributed by atoms with Gasteiger partial charge in [-0.05, 0) is 76.3 Å². The number of pyridine rings is 1. The number of ether oxygens (including phenoxy) is 1. The molecule has 1 fully saturated rings. The molecule has 0 saturated heterocycles. The Morgan fingerprint density at radius 2 is 1.95 bits per heavy atom. The molecule has 210 valence electrons. The molecule has 0 spiro atoms. The lowest BCUT2D eigenvalue weighted by Crippen LogP contribution is -2.53. The number of hydrogen-bond acceptors (Lipinski definition) is 7. The van der Waals surface area contributed by atoms with Gasteiger partial charge in [-0.2, -0.15) is 5.10 Å². The van der Waals surface area contributed by atoms with Gasteiger partial charge in [-0.25, -0.2) is 19.3 Å². The van der Waals surface area contributed by atoms with E-state index in [1.54, 1.807) is 35.2 Å². The Hall–Kier alpha value is -4.47. The molecule has 7 rings (SSSR count). The zero-order chi connectivity index (χ0) is 31.2. The summed E-state index contributed by atoms with van der Waals surface area (Å²) < 4.78 is 31.7. The summed E-state index contributed by atoms with van der Waals surface area (Å²) in [5.74, 6) is -0.596. The molecule has 4 heterocycles. The third-order valence-corrected chi connectivity index (χ3v) is 8.38. The van der Waals surface area contributed by atoms with E-state index >= 15 is 0 Å². The van der Waals surface area contributed by atoms with Crippen molar-refractivity contribution in [2.24, 2.45) is 0 Å². The molecule has 2 amide bonds. The van der Waals surface area contributed by atoms with E-state index in [-0.39, 0.29) is 11.3 Å². The van der Waals surface area contributed by atoms with E-state index in [1.807, 2.05) is 32.9 Å². The van der Waals surface area contributed by atoms with Gasteiger partial charge in [0.15, 0.2) is 5.82 Å². The second-order valence-corrected chi connectivity index (χ2v) is 12.1. The average Bonchev–Trinajstić information content (AvgIpc) is 3.42. The second kappa shape index (κ2) is 8.76. The van der Waals surface area contributed by atoms with Crippen molar-refractivity contribution in [2.75, 3.05) is 6.98 Å². The van der Waals surface area contributed by atoms with Gasteiger partial charge in [0.2, 0.25) is 0 Å². The monoisotopic (exact) mass is 555 g/mol. The summed E-state index contributed by atoms with van der Waals surface area (Å²) in [6, 6.07) is 7.68. The van der Waals surface area contributed by atoms with Gasteiger partial charge in [-0.3, -0.25) is 4.79 Å². The number of rotatable bonds is 3. The van der Waals surface area contributed by atoms with Crippen LogP contribution in [0.2, 0.25) is 0 Å². The summed E-state index contributed by atoms with van der Waals surface area (Å²) in [5, 5.41) is 18.6. The minimum Gasteiger partial charge on any atom is -0.508 e. The van der Waals surface area contributed by atoms with Crippen molar-refractivity contribution in [3.05, 3.63) is 77.1 Å². The van der Waals surface area contributed by atoms with E-state index in [0.717, 1.165) is 33.5 Å². The van der Waals surface area contributed by atoms with Crippen molar-refractivity contribution in [1.29, 1.82) is 0 Å². The Morgan fingerprint density at radius 3 is 2.63 bits per heavy atom. The standard InChI is InChI=1S/C31H32N6O4/c1-30(2,3)41-29(40)34-31(10-6-11-31)28-32-15-18(16-33-28)17-9-12-37-21(13-17)25-20-14-22(26(25)35-37)36(4)27(39)19-7-5-8-23(38)24(19)20/h5,7-9,12-13,15-16,20,22,38H,6,10-11,14H2,1-4H3,(H,34,40)/t20-,22-/m1/s1/i4D3. The predicted molar refractivity (Wildman–Crippen MR) is 151 cm³/mol. The van der Waals surface area contributed by atoms with Gasteiger partial charge >= 0.3 is 6.09 Å². The van der Waals surface area contributed by atoms with Gasteiger partial charge in [0.1, 0.15) is 16.9 Å². The lowest BCUT2D eigenvalue weighted by atomic mass is 9.76. The molecule has 2 N–H and O–H groups in total. The number of phenols is 1. The molecule has 2 aliphatic carbocycles. The summed E-state index contributed by atoms with van der Waals surface area (Å²) in [7, 11) is 0. The molecule has 2 atom stereocenters. The first-order valence-electron chi connectivity index (χ1n) is 15.3. The zero-order valence-electron chi connectivity index (χ0n) is 26.0. The molecule has 4 aromatic rings. The van der Waals surface area contributed by atoms with Crippen LogP contribution in [0.25, 0.3) is 16.6 Å². The van der Waals surface area contributed by atoms with Crippen molar-refractivity contribution in [2.45, 2.75) is 69.6 Å². The van der Waals surface area contributed by atoms with Crippen molar-refractivity contribution in [3.63, 3.8) is 0 Å². The topological polar surface area (TPSA) is 122 Å². The zero-order valence-corrected chi connectivity index (χ0v) is 23.0. The van der Waals surface area contributed by atoms with Gasteiger partial charge in [0.25, 0.3) is 5.91 Å². The number of amides is 2. The van der Waals surface area contributed by atoms with Crippen LogP contribution in [0.5, 0.6) is 5.75 Å². The summed E-state index contributed by atoms with van der Waals surface area (Å²) in [4.78, 5) is 36.3. The van der Waals surface area contributed by atoms with E-state index in [1.165, 1.54) is 6.07 Å². The van der Waals surface area contributed by atoms with Crippen LogP contribution in [0.15, 0.2) is 48.9 Å². The predicted octanol–water partition coefficient (Wildman–Crippen LogP) is 5.06. The smallest absolute Gasteiger partial charge is 0.408 e. The molecule has 0 unspecified atom stereocenters. The van der Waals surface area contributed by atoms with E-state index in [4.69, 9.17) is 13.9 Å². The van der Waals surface area contributed by atoms with Crippen LogP contribution in [-0.4, -0.2) is 54.2 Å². The number of carbonyl (C=O) groups is 2. The SMILES string of the molecule is [2H]C([2H])([2H])N1C(=O)c2cccc(O)c2[C@H]2C[C@@H]1c1nn3ccc(-c4cnc(C5(NC(=O)OC(C)(C)C)CCC5)nc4)cc3c12. The fourth-order valence-electron chi connectivity index (χ4n) is 6.34. The highest BCUT2D eigenvalue weighted by Crippen LogP contribution is 2.53. The molecule has 10 heteroatoms. The van der Waals surface area contributed by atoms with Crippen LogP contribution in [0, 0.1) is 0 Å². The first kappa shape index (κ1) is 22.2. The summed E-state index contributed by atoms with van der Waals surface area (Å²) in [6.45, 7) is 2.75. The molecule has 1 aliphatic heterocycles. The maximum Gasteiger partial charge on any atom is 0.408 e. The average molecular weight is 556 g/mol. The Labute approximate surface area is 241 Å². The van der Waals surface area contributed by atoms with Crippen LogP contribution in [-0.2, 0) is 10.3 Å². The van der Waals surface area contributed by atoms with Gasteiger partial charge in [-0.1, -0.05) is 6.07 Å². The van der Waals surface area contributed by atoms with Crippen molar-refractivity contribution < 1.29 is 23.5 Å². The fourth-order valence-corrected chi connectivity index (χ4v) is 6.34. The summed E-state index contributed by atoms with van der Waals surface area (Å²) >= 11 is 0. The third kappa shape index (κ3) is 3.95. The number of nitrogens with zero attached hydrogens (tertiary/aromatic N) is 5. The first-order valence-corrected chi connectivity index (χ1v) is 13.8. The minimum atomic E-state index is -2.70. The van der Waals surface area contributed by atoms with Crippen LogP contribution in [0.1, 0.15) is 95.5 Å². The quantitative estimate of drug-likeness (QED) is 0.362. The number of nitrogens with one attached hydrogen (secondary N) is 1. The molecular weight excluding hydrogens is 520 g/mol. The molecule has 1 saturated carbocycles. The van der Waals surface area contributed by atoms with Crippen LogP contribution < -0.4 is 5.32 Å². The number of aromatic hydroxyl groups is 1. The molecule has 41 heavy (non-hydrogen) atoms. The number of fused-ring (bicyclic) bond motifs is 9. The van der Waals surface area contributed by atoms with Crippen molar-refractivity contribution in [3.8, 4) is 16.9 Å². The Bertz CT molecular complexity index is 1830. The van der Waals surface area contributed by atoms with E-state index in [0.29, 0.717) is 36.3 Å². The Balaban J connectivity index is 1.27. The maximum absolute atomic E-state index is 13.5. The van der Waals surface area contributed by atoms with Gasteiger partial charge < -0.3 is 20.1 Å². The summed E-state index contributed by atoms with van der Waals surface area (Å²) in [6.07, 6.45) is 7.40. The van der Waals surface area contributed by atoms with Gasteiger partial charge in [-0.15, -0.1) is 0 Å². The second-order valence-electron chi connectivity index (χ2n) is 12.1. The number of benzene rings is 1. The van der Waals surface area contributed by atoms with E-state index < -0.39 is 42.1 Å². The lowest BCUT2D eigenvalue weighted by molar-refractivity contribution is 0.0364. The Morgan fingerprint density at radius 1 is 1.17 bits per heavy atom. The van der Waals surface area contributed by atoms with Crippen LogP contribution in [0.3, 0.4) is 0 Å². The van der Waals surface area contributed by atoms with Crippen molar-refractivity contribution in [1.82, 2.24) is 29.8 Å². The first-order chi connectivity index (χ1) is 20.8. The minimum absolute atomic E-state index is 0.0516. The normalized spacial score (nSPS) is 22.1. The number of phenolic OH excluding ortho intramolecular Hbond substituents is 1. The molecule has 2 bridgehead atoms. The maximum atomic E-state index is 13.5. The number of carbonyl (C=O) groups excluding carboxylic acids is 2. The molecular formula is C31H32N6O4.